The molecule has 3 heteroatoms. The third-order valence-corrected chi connectivity index (χ3v) is 3.92. The van der Waals surface area contributed by atoms with Crippen LogP contribution in [0, 0.1) is 0 Å². The molecule has 0 aromatic heterocycles. The van der Waals surface area contributed by atoms with Crippen molar-refractivity contribution in [3.63, 3.8) is 0 Å². The van der Waals surface area contributed by atoms with E-state index in [0.717, 1.165) is 25.8 Å². The van der Waals surface area contributed by atoms with E-state index >= 15 is 0 Å². The summed E-state index contributed by atoms with van der Waals surface area (Å²) in [6.45, 7) is 5.49. The van der Waals surface area contributed by atoms with Crippen LogP contribution in [-0.2, 0) is 0 Å². The van der Waals surface area contributed by atoms with E-state index in [-0.39, 0.29) is 0 Å². The Morgan fingerprint density at radius 2 is 2.05 bits per heavy atom. The lowest BCUT2D eigenvalue weighted by Gasteiger charge is -2.26. The minimum absolute atomic E-state index is 0.560. The molecule has 1 aromatic carbocycles. The third-order valence-electron chi connectivity index (χ3n) is 3.92. The fraction of sp³-hybridized carbons (Fsp3) is 0.438. The van der Waals surface area contributed by atoms with Crippen LogP contribution in [0.25, 0.3) is 0 Å². The molecule has 1 unspecified atom stereocenters. The highest BCUT2D eigenvalue weighted by atomic mass is 15.5. The maximum atomic E-state index is 4.82. The van der Waals surface area contributed by atoms with Crippen molar-refractivity contribution in [2.45, 2.75) is 39.2 Å². The number of hydrogen-bond acceptors (Lipinski definition) is 3. The van der Waals surface area contributed by atoms with Crippen molar-refractivity contribution in [2.75, 3.05) is 11.6 Å². The molecule has 3 nitrogen and oxygen atoms in total. The average molecular weight is 255 g/mol. The Kier molecular flexibility index (Phi) is 3.28. The largest absolute Gasteiger partial charge is 0.329 e. The van der Waals surface area contributed by atoms with E-state index < -0.39 is 0 Å². The molecule has 0 bridgehead atoms. The number of hydrazone groups is 1. The summed E-state index contributed by atoms with van der Waals surface area (Å²) in [4.78, 5) is 2.43. The van der Waals surface area contributed by atoms with E-state index in [9.17, 15) is 0 Å². The highest BCUT2D eigenvalue weighted by Crippen LogP contribution is 2.28. The van der Waals surface area contributed by atoms with Gasteiger partial charge in [0.05, 0.1) is 5.69 Å². The Bertz CT molecular complexity index is 504. The molecule has 1 atom stereocenters. The molecule has 0 radical (unpaired) electrons. The number of hydrogen-bond donors (Lipinski definition) is 0. The summed E-state index contributed by atoms with van der Waals surface area (Å²) in [5, 5.41) is 6.94. The number of rotatable bonds is 2. The van der Waals surface area contributed by atoms with Crippen LogP contribution < -0.4 is 5.01 Å². The highest BCUT2D eigenvalue weighted by molar-refractivity contribution is 5.88. The molecule has 0 N–H and O–H groups in total. The lowest BCUT2D eigenvalue weighted by atomic mass is 10.2. The van der Waals surface area contributed by atoms with Crippen molar-refractivity contribution in [2.24, 2.45) is 5.10 Å². The van der Waals surface area contributed by atoms with Gasteiger partial charge in [-0.25, -0.2) is 0 Å². The Labute approximate surface area is 115 Å². The van der Waals surface area contributed by atoms with Gasteiger partial charge in [0.2, 0.25) is 0 Å². The molecule has 0 aliphatic carbocycles. The maximum absolute atomic E-state index is 4.82. The van der Waals surface area contributed by atoms with E-state index in [1.54, 1.807) is 0 Å². The summed E-state index contributed by atoms with van der Waals surface area (Å²) in [5.41, 5.74) is 2.62. The van der Waals surface area contributed by atoms with Crippen LogP contribution in [0.15, 0.2) is 47.2 Å². The Morgan fingerprint density at radius 3 is 2.79 bits per heavy atom. The quantitative estimate of drug-likeness (QED) is 0.804. The van der Waals surface area contributed by atoms with Crippen LogP contribution in [0.3, 0.4) is 0 Å². The number of amidine groups is 1. The molecule has 2 heterocycles. The summed E-state index contributed by atoms with van der Waals surface area (Å²) in [6.07, 6.45) is 5.64. The number of para-hydroxylation sites is 1. The molecule has 0 spiro atoms. The van der Waals surface area contributed by atoms with Crippen LogP contribution in [-0.4, -0.2) is 23.3 Å². The van der Waals surface area contributed by atoms with E-state index in [4.69, 9.17) is 5.10 Å². The molecule has 3 rings (SSSR count). The molecule has 0 amide bonds. The van der Waals surface area contributed by atoms with Gasteiger partial charge in [0.15, 0.2) is 0 Å². The summed E-state index contributed by atoms with van der Waals surface area (Å²) in [5.74, 6) is 1.22. The molecular formula is C16H21N3. The van der Waals surface area contributed by atoms with Crippen LogP contribution in [0.4, 0.5) is 5.69 Å². The Morgan fingerprint density at radius 1 is 1.26 bits per heavy atom. The second-order valence-corrected chi connectivity index (χ2v) is 5.23. The van der Waals surface area contributed by atoms with Crippen molar-refractivity contribution in [1.29, 1.82) is 0 Å². The summed E-state index contributed by atoms with van der Waals surface area (Å²) in [7, 11) is 0. The standard InChI is InChI=1S/C16H21N3/c1-3-14-10-9-13(2)19(14)16-11-12-18(17-16)15-7-5-4-6-8-15/h4-8,10,13H,3,9,11-12H2,1-2H3. The van der Waals surface area contributed by atoms with Crippen molar-refractivity contribution < 1.29 is 0 Å². The summed E-state index contributed by atoms with van der Waals surface area (Å²) >= 11 is 0. The Hall–Kier alpha value is -1.77. The maximum Gasteiger partial charge on any atom is 0.131 e. The zero-order valence-corrected chi connectivity index (χ0v) is 11.7. The van der Waals surface area contributed by atoms with Crippen molar-refractivity contribution in [3.05, 3.63) is 42.1 Å². The predicted octanol–water partition coefficient (Wildman–Crippen LogP) is 3.60. The van der Waals surface area contributed by atoms with Gasteiger partial charge in [0, 0.05) is 24.7 Å². The van der Waals surface area contributed by atoms with E-state index in [1.165, 1.54) is 17.2 Å². The van der Waals surface area contributed by atoms with Gasteiger partial charge in [-0.1, -0.05) is 31.2 Å². The van der Waals surface area contributed by atoms with Gasteiger partial charge in [0.1, 0.15) is 5.84 Å². The number of allylic oxidation sites excluding steroid dienone is 1. The van der Waals surface area contributed by atoms with Gasteiger partial charge >= 0.3 is 0 Å². The number of benzene rings is 1. The molecule has 100 valence electrons. The van der Waals surface area contributed by atoms with Gasteiger partial charge in [0.25, 0.3) is 0 Å². The fourth-order valence-corrected chi connectivity index (χ4v) is 2.93. The van der Waals surface area contributed by atoms with Gasteiger partial charge in [-0.2, -0.15) is 5.10 Å². The minimum Gasteiger partial charge on any atom is -0.329 e. The fourth-order valence-electron chi connectivity index (χ4n) is 2.93. The van der Waals surface area contributed by atoms with Crippen LogP contribution in [0.1, 0.15) is 33.1 Å². The highest BCUT2D eigenvalue weighted by Gasteiger charge is 2.29. The summed E-state index contributed by atoms with van der Waals surface area (Å²) in [6, 6.07) is 11.0. The van der Waals surface area contributed by atoms with Crippen LogP contribution in [0.5, 0.6) is 0 Å². The van der Waals surface area contributed by atoms with Gasteiger partial charge in [-0.15, -0.1) is 0 Å². The zero-order valence-electron chi connectivity index (χ0n) is 11.7. The number of anilines is 1. The van der Waals surface area contributed by atoms with Crippen molar-refractivity contribution in [3.8, 4) is 0 Å². The minimum atomic E-state index is 0.560. The second kappa shape index (κ2) is 5.08. The number of nitrogens with zero attached hydrogens (tertiary/aromatic N) is 3. The smallest absolute Gasteiger partial charge is 0.131 e. The van der Waals surface area contributed by atoms with Crippen molar-refractivity contribution in [1.82, 2.24) is 4.90 Å². The monoisotopic (exact) mass is 255 g/mol. The van der Waals surface area contributed by atoms with E-state index in [2.05, 4.69) is 54.1 Å². The first kappa shape index (κ1) is 12.3. The zero-order chi connectivity index (χ0) is 13.2. The topological polar surface area (TPSA) is 18.8 Å². The SMILES string of the molecule is CCC1=CCC(C)N1C1=NN(c2ccccc2)CC1. The predicted molar refractivity (Wildman–Crippen MR) is 80.1 cm³/mol. The molecule has 0 saturated heterocycles. The van der Waals surface area contributed by atoms with Crippen molar-refractivity contribution >= 4 is 11.5 Å². The average Bonchev–Trinajstić information content (AvgIpc) is 3.05. The molecule has 0 fully saturated rings. The lowest BCUT2D eigenvalue weighted by Crippen LogP contribution is -2.33. The van der Waals surface area contributed by atoms with Gasteiger partial charge < -0.3 is 4.90 Å². The molecule has 19 heavy (non-hydrogen) atoms. The third kappa shape index (κ3) is 2.25. The van der Waals surface area contributed by atoms with E-state index in [0.29, 0.717) is 6.04 Å². The second-order valence-electron chi connectivity index (χ2n) is 5.23. The molecule has 2 aliphatic heterocycles. The molecule has 1 aromatic rings. The summed E-state index contributed by atoms with van der Waals surface area (Å²) < 4.78 is 0. The Balaban J connectivity index is 1.82. The first-order valence-electron chi connectivity index (χ1n) is 7.18. The first-order valence-corrected chi connectivity index (χ1v) is 7.18. The van der Waals surface area contributed by atoms with E-state index in [1.807, 2.05) is 6.07 Å². The van der Waals surface area contributed by atoms with Crippen LogP contribution in [0.2, 0.25) is 0 Å². The van der Waals surface area contributed by atoms with Crippen LogP contribution >= 0.6 is 0 Å². The molecule has 2 aliphatic rings. The van der Waals surface area contributed by atoms with Gasteiger partial charge in [-0.05, 0) is 31.9 Å². The normalized spacial score (nSPS) is 22.7. The first-order chi connectivity index (χ1) is 9.29. The molecule has 0 saturated carbocycles. The molecular weight excluding hydrogens is 234 g/mol. The van der Waals surface area contributed by atoms with Gasteiger partial charge in [-0.3, -0.25) is 5.01 Å². The lowest BCUT2D eigenvalue weighted by molar-refractivity contribution is 0.423.